The summed E-state index contributed by atoms with van der Waals surface area (Å²) in [4.78, 5) is 12.4. The molecule has 0 heterocycles. The maximum Gasteiger partial charge on any atom is 0.243 e. The van der Waals surface area contributed by atoms with E-state index >= 15 is 0 Å². The van der Waals surface area contributed by atoms with Crippen molar-refractivity contribution in [3.05, 3.63) is 29.8 Å². The maximum atomic E-state index is 13.1. The van der Waals surface area contributed by atoms with E-state index in [4.69, 9.17) is 5.11 Å². The first-order valence-electron chi connectivity index (χ1n) is 8.91. The molecule has 0 aromatic heterocycles. The molecular weight excluding hydrogens is 340 g/mol. The molecule has 1 saturated carbocycles. The third kappa shape index (κ3) is 5.52. The van der Waals surface area contributed by atoms with E-state index in [1.54, 1.807) is 24.3 Å². The van der Waals surface area contributed by atoms with E-state index < -0.39 is 10.0 Å². The molecular formula is C18H28N2O4S. The first kappa shape index (κ1) is 19.9. The Bertz CT molecular complexity index is 652. The molecule has 0 saturated heterocycles. The molecule has 0 spiro atoms. The smallest absolute Gasteiger partial charge is 0.243 e. The fourth-order valence-electron chi connectivity index (χ4n) is 3.13. The number of aliphatic hydroxyl groups is 1. The second kappa shape index (κ2) is 9.31. The average molecular weight is 368 g/mol. The van der Waals surface area contributed by atoms with E-state index in [1.165, 1.54) is 4.31 Å². The lowest BCUT2D eigenvalue weighted by Gasteiger charge is -2.33. The Balaban J connectivity index is 2.20. The fraction of sp³-hybridized carbons (Fsp3) is 0.611. The number of hydrogen-bond donors (Lipinski definition) is 2. The number of hydrogen-bond acceptors (Lipinski definition) is 4. The van der Waals surface area contributed by atoms with Crippen LogP contribution in [0.2, 0.25) is 0 Å². The van der Waals surface area contributed by atoms with Crippen molar-refractivity contribution in [2.24, 2.45) is 0 Å². The molecule has 0 unspecified atom stereocenters. The number of rotatable bonds is 8. The van der Waals surface area contributed by atoms with Crippen molar-refractivity contribution in [2.75, 3.05) is 19.7 Å². The summed E-state index contributed by atoms with van der Waals surface area (Å²) in [5.74, 6) is -0.324. The molecule has 1 fully saturated rings. The Morgan fingerprint density at radius 2 is 1.84 bits per heavy atom. The van der Waals surface area contributed by atoms with Crippen molar-refractivity contribution in [1.29, 1.82) is 0 Å². The van der Waals surface area contributed by atoms with Crippen molar-refractivity contribution < 1.29 is 18.3 Å². The fourth-order valence-corrected chi connectivity index (χ4v) is 4.77. The van der Waals surface area contributed by atoms with Crippen LogP contribution in [0.15, 0.2) is 29.2 Å². The Morgan fingerprint density at radius 1 is 1.20 bits per heavy atom. The zero-order chi connectivity index (χ0) is 18.3. The standard InChI is InChI=1S/C18H28N2O4S/c1-15-8-10-17(11-9-15)25(23,24)20(16-6-3-2-4-7-16)14-18(22)19-12-5-13-21/h8-11,16,21H,2-7,12-14H2,1H3,(H,19,22). The third-order valence-corrected chi connectivity index (χ3v) is 6.48. The molecule has 1 aliphatic carbocycles. The molecule has 25 heavy (non-hydrogen) atoms. The molecule has 0 radical (unpaired) electrons. The lowest BCUT2D eigenvalue weighted by molar-refractivity contribution is -0.121. The highest BCUT2D eigenvalue weighted by Gasteiger charge is 2.33. The van der Waals surface area contributed by atoms with Gasteiger partial charge in [-0.25, -0.2) is 8.42 Å². The van der Waals surface area contributed by atoms with Crippen molar-refractivity contribution >= 4 is 15.9 Å². The lowest BCUT2D eigenvalue weighted by Crippen LogP contribution is -2.47. The molecule has 0 bridgehead atoms. The number of nitrogens with zero attached hydrogens (tertiary/aromatic N) is 1. The Labute approximate surface area is 150 Å². The summed E-state index contributed by atoms with van der Waals surface area (Å²) in [5, 5.41) is 11.5. The van der Waals surface area contributed by atoms with Crippen molar-refractivity contribution in [3.8, 4) is 0 Å². The van der Waals surface area contributed by atoms with Gasteiger partial charge in [0.2, 0.25) is 15.9 Å². The van der Waals surface area contributed by atoms with Gasteiger partial charge in [0.05, 0.1) is 11.4 Å². The van der Waals surface area contributed by atoms with Crippen LogP contribution in [0.4, 0.5) is 0 Å². The summed E-state index contributed by atoms with van der Waals surface area (Å²) in [6.07, 6.45) is 5.11. The maximum absolute atomic E-state index is 13.1. The monoisotopic (exact) mass is 368 g/mol. The van der Waals surface area contributed by atoms with Gasteiger partial charge in [-0.1, -0.05) is 37.0 Å². The summed E-state index contributed by atoms with van der Waals surface area (Å²) >= 11 is 0. The van der Waals surface area contributed by atoms with Crippen LogP contribution in [0.3, 0.4) is 0 Å². The van der Waals surface area contributed by atoms with Gasteiger partial charge in [-0.3, -0.25) is 4.79 Å². The summed E-state index contributed by atoms with van der Waals surface area (Å²) in [7, 11) is -3.72. The number of amides is 1. The van der Waals surface area contributed by atoms with Crippen molar-refractivity contribution in [3.63, 3.8) is 0 Å². The van der Waals surface area contributed by atoms with Crippen LogP contribution in [0.5, 0.6) is 0 Å². The first-order chi connectivity index (χ1) is 11.9. The SMILES string of the molecule is Cc1ccc(S(=O)(=O)N(CC(=O)NCCCO)C2CCCCC2)cc1. The lowest BCUT2D eigenvalue weighted by atomic mass is 9.95. The normalized spacial score (nSPS) is 16.1. The van der Waals surface area contributed by atoms with Crippen LogP contribution in [-0.2, 0) is 14.8 Å². The largest absolute Gasteiger partial charge is 0.396 e. The Kier molecular flexibility index (Phi) is 7.40. The van der Waals surface area contributed by atoms with Gasteiger partial charge >= 0.3 is 0 Å². The van der Waals surface area contributed by atoms with Crippen LogP contribution in [-0.4, -0.2) is 49.5 Å². The third-order valence-electron chi connectivity index (χ3n) is 4.57. The van der Waals surface area contributed by atoms with Gasteiger partial charge in [-0.15, -0.1) is 0 Å². The highest BCUT2D eigenvalue weighted by atomic mass is 32.2. The molecule has 6 nitrogen and oxygen atoms in total. The summed E-state index contributed by atoms with van der Waals surface area (Å²) in [5.41, 5.74) is 0.991. The molecule has 1 amide bonds. The van der Waals surface area contributed by atoms with E-state index in [-0.39, 0.29) is 30.0 Å². The molecule has 1 aliphatic rings. The number of sulfonamides is 1. The van der Waals surface area contributed by atoms with Gasteiger partial charge < -0.3 is 10.4 Å². The number of carbonyl (C=O) groups excluding carboxylic acids is 1. The predicted molar refractivity (Wildman–Crippen MR) is 96.7 cm³/mol. The van der Waals surface area contributed by atoms with Crippen molar-refractivity contribution in [1.82, 2.24) is 9.62 Å². The highest BCUT2D eigenvalue weighted by Crippen LogP contribution is 2.27. The van der Waals surface area contributed by atoms with Crippen molar-refractivity contribution in [2.45, 2.75) is 56.4 Å². The van der Waals surface area contributed by atoms with Gasteiger partial charge in [-0.05, 0) is 38.3 Å². The van der Waals surface area contributed by atoms with Gasteiger partial charge in [0.15, 0.2) is 0 Å². The second-order valence-electron chi connectivity index (χ2n) is 6.58. The number of carbonyl (C=O) groups is 1. The number of aliphatic hydroxyl groups excluding tert-OH is 1. The van der Waals surface area contributed by atoms with E-state index in [0.717, 1.165) is 37.7 Å². The first-order valence-corrected chi connectivity index (χ1v) is 10.3. The molecule has 0 aliphatic heterocycles. The topological polar surface area (TPSA) is 86.7 Å². The number of benzene rings is 1. The summed E-state index contributed by atoms with van der Waals surface area (Å²) in [6, 6.07) is 6.61. The van der Waals surface area contributed by atoms with E-state index in [9.17, 15) is 13.2 Å². The summed E-state index contributed by atoms with van der Waals surface area (Å²) in [6.45, 7) is 2.07. The molecule has 1 aromatic rings. The highest BCUT2D eigenvalue weighted by molar-refractivity contribution is 7.89. The number of nitrogens with one attached hydrogen (secondary N) is 1. The molecule has 1 aromatic carbocycles. The van der Waals surface area contributed by atoms with Gasteiger partial charge in [-0.2, -0.15) is 4.31 Å². The van der Waals surface area contributed by atoms with Crippen LogP contribution in [0.1, 0.15) is 44.1 Å². The van der Waals surface area contributed by atoms with Crippen LogP contribution in [0, 0.1) is 6.92 Å². The minimum absolute atomic E-state index is 0.00567. The Hall–Kier alpha value is -1.44. The predicted octanol–water partition coefficient (Wildman–Crippen LogP) is 1.82. The van der Waals surface area contributed by atoms with Gasteiger partial charge in [0.1, 0.15) is 0 Å². The van der Waals surface area contributed by atoms with E-state index in [2.05, 4.69) is 5.32 Å². The minimum Gasteiger partial charge on any atom is -0.396 e. The molecule has 2 N–H and O–H groups in total. The zero-order valence-corrected chi connectivity index (χ0v) is 15.6. The Morgan fingerprint density at radius 3 is 2.44 bits per heavy atom. The summed E-state index contributed by atoms with van der Waals surface area (Å²) < 4.78 is 27.6. The number of aryl methyl sites for hydroxylation is 1. The van der Waals surface area contributed by atoms with E-state index in [0.29, 0.717) is 13.0 Å². The van der Waals surface area contributed by atoms with Crippen LogP contribution >= 0.6 is 0 Å². The zero-order valence-electron chi connectivity index (χ0n) is 14.8. The van der Waals surface area contributed by atoms with Crippen LogP contribution in [0.25, 0.3) is 0 Å². The molecule has 7 heteroatoms. The second-order valence-corrected chi connectivity index (χ2v) is 8.47. The van der Waals surface area contributed by atoms with E-state index in [1.807, 2.05) is 6.92 Å². The molecule has 140 valence electrons. The van der Waals surface area contributed by atoms with Gasteiger partial charge in [0, 0.05) is 19.2 Å². The average Bonchev–Trinajstić information content (AvgIpc) is 2.61. The quantitative estimate of drug-likeness (QED) is 0.685. The minimum atomic E-state index is -3.72. The molecule has 0 atom stereocenters. The van der Waals surface area contributed by atoms with Gasteiger partial charge in [0.25, 0.3) is 0 Å². The van der Waals surface area contributed by atoms with Crippen LogP contribution < -0.4 is 5.32 Å². The molecule has 2 rings (SSSR count).